The first-order chi connectivity index (χ1) is 12.6. The van der Waals surface area contributed by atoms with Gasteiger partial charge in [0.1, 0.15) is 30.9 Å². The van der Waals surface area contributed by atoms with Crippen molar-refractivity contribution in [2.75, 3.05) is 13.2 Å². The summed E-state index contributed by atoms with van der Waals surface area (Å²) >= 11 is 4.80. The summed E-state index contributed by atoms with van der Waals surface area (Å²) in [6.45, 7) is 1.04. The Labute approximate surface area is 154 Å². The van der Waals surface area contributed by atoms with Gasteiger partial charge in [0, 0.05) is 12.0 Å². The Kier molecular flexibility index (Phi) is 4.34. The van der Waals surface area contributed by atoms with Gasteiger partial charge in [0.2, 0.25) is 0 Å². The number of thiocarbonyl (C=S) groups is 1. The van der Waals surface area contributed by atoms with Crippen molar-refractivity contribution >= 4 is 23.0 Å². The van der Waals surface area contributed by atoms with E-state index in [0.717, 1.165) is 5.56 Å². The molecule has 2 aliphatic heterocycles. The molecule has 0 unspecified atom stereocenters. The third-order valence-electron chi connectivity index (χ3n) is 4.14. The number of nitrogens with two attached hydrogens (primary N) is 1. The van der Waals surface area contributed by atoms with Gasteiger partial charge in [-0.15, -0.1) is 0 Å². The minimum Gasteiger partial charge on any atom is -0.486 e. The van der Waals surface area contributed by atoms with Crippen LogP contribution in [-0.4, -0.2) is 24.0 Å². The van der Waals surface area contributed by atoms with E-state index in [-0.39, 0.29) is 17.0 Å². The fourth-order valence-electron chi connectivity index (χ4n) is 2.99. The molecule has 134 valence electrons. The van der Waals surface area contributed by atoms with Gasteiger partial charge in [-0.3, -0.25) is 5.43 Å². The first-order valence-corrected chi connectivity index (χ1v) is 8.49. The molecule has 0 saturated carbocycles. The molecule has 26 heavy (non-hydrogen) atoms. The fraction of sp³-hybridized carbons (Fsp3) is 0.222. The molecule has 1 atom stereocenters. The summed E-state index contributed by atoms with van der Waals surface area (Å²) in [6.07, 6.45) is 0.113. The highest BCUT2D eigenvalue weighted by Gasteiger charge is 2.28. The second-order valence-electron chi connectivity index (χ2n) is 5.89. The molecule has 2 heterocycles. The number of benzene rings is 2. The average Bonchev–Trinajstić information content (AvgIpc) is 2.65. The SMILES string of the molecule is NC(=S)NN=C1C[C@H](c2ccc3c(c2)OCCO3)Oc2ccc(F)cc21. The molecule has 0 aromatic heterocycles. The third kappa shape index (κ3) is 3.28. The van der Waals surface area contributed by atoms with Crippen LogP contribution in [0.2, 0.25) is 0 Å². The summed E-state index contributed by atoms with van der Waals surface area (Å²) in [5.41, 5.74) is 10.1. The van der Waals surface area contributed by atoms with Crippen LogP contribution in [-0.2, 0) is 0 Å². The van der Waals surface area contributed by atoms with Gasteiger partial charge in [-0.2, -0.15) is 5.10 Å². The molecule has 2 aromatic carbocycles. The van der Waals surface area contributed by atoms with Crippen molar-refractivity contribution in [1.82, 2.24) is 5.43 Å². The average molecular weight is 373 g/mol. The third-order valence-corrected chi connectivity index (χ3v) is 4.23. The van der Waals surface area contributed by atoms with Crippen molar-refractivity contribution in [1.29, 1.82) is 0 Å². The van der Waals surface area contributed by atoms with Crippen LogP contribution in [0.1, 0.15) is 23.7 Å². The number of halogens is 1. The summed E-state index contributed by atoms with van der Waals surface area (Å²) in [6, 6.07) is 10.00. The largest absolute Gasteiger partial charge is 0.486 e. The van der Waals surface area contributed by atoms with Crippen molar-refractivity contribution in [2.24, 2.45) is 10.8 Å². The Hall–Kier alpha value is -2.87. The lowest BCUT2D eigenvalue weighted by Crippen LogP contribution is -2.28. The van der Waals surface area contributed by atoms with Crippen molar-refractivity contribution in [3.05, 3.63) is 53.3 Å². The lowest BCUT2D eigenvalue weighted by molar-refractivity contribution is 0.169. The Morgan fingerprint density at radius 3 is 2.69 bits per heavy atom. The first-order valence-electron chi connectivity index (χ1n) is 8.08. The van der Waals surface area contributed by atoms with Crippen LogP contribution in [0.3, 0.4) is 0 Å². The Morgan fingerprint density at radius 2 is 1.88 bits per heavy atom. The highest BCUT2D eigenvalue weighted by Crippen LogP contribution is 2.39. The van der Waals surface area contributed by atoms with Crippen LogP contribution in [0.25, 0.3) is 0 Å². The molecule has 0 radical (unpaired) electrons. The zero-order valence-corrected chi connectivity index (χ0v) is 14.5. The van der Waals surface area contributed by atoms with E-state index in [2.05, 4.69) is 10.5 Å². The second kappa shape index (κ2) is 6.80. The maximum atomic E-state index is 13.7. The topological polar surface area (TPSA) is 78.1 Å². The molecule has 0 aliphatic carbocycles. The maximum Gasteiger partial charge on any atom is 0.184 e. The maximum absolute atomic E-state index is 13.7. The van der Waals surface area contributed by atoms with E-state index in [1.807, 2.05) is 18.2 Å². The fourth-order valence-corrected chi connectivity index (χ4v) is 3.03. The highest BCUT2D eigenvalue weighted by atomic mass is 32.1. The van der Waals surface area contributed by atoms with Gasteiger partial charge in [0.25, 0.3) is 0 Å². The lowest BCUT2D eigenvalue weighted by Gasteiger charge is -2.28. The van der Waals surface area contributed by atoms with E-state index >= 15 is 0 Å². The number of hydrazone groups is 1. The standard InChI is InChI=1S/C18H16FN3O3S/c19-11-2-4-14-12(8-11)13(21-22-18(20)26)9-16(25-14)10-1-3-15-17(7-10)24-6-5-23-15/h1-4,7-8,16H,5-6,9H2,(H3,20,22,26)/t16-/m1/s1. The molecule has 0 saturated heterocycles. The second-order valence-corrected chi connectivity index (χ2v) is 6.33. The van der Waals surface area contributed by atoms with Crippen LogP contribution in [0.5, 0.6) is 17.2 Å². The van der Waals surface area contributed by atoms with E-state index in [4.69, 9.17) is 32.2 Å². The number of nitrogens with one attached hydrogen (secondary N) is 1. The summed E-state index contributed by atoms with van der Waals surface area (Å²) in [5.74, 6) is 1.57. The van der Waals surface area contributed by atoms with Gasteiger partial charge in [-0.05, 0) is 48.1 Å². The number of hydrogen-bond donors (Lipinski definition) is 2. The van der Waals surface area contributed by atoms with E-state index < -0.39 is 0 Å². The lowest BCUT2D eigenvalue weighted by atomic mass is 9.95. The molecule has 8 heteroatoms. The normalized spacial score (nSPS) is 19.4. The van der Waals surface area contributed by atoms with E-state index in [1.165, 1.54) is 12.1 Å². The van der Waals surface area contributed by atoms with Crippen molar-refractivity contribution in [3.63, 3.8) is 0 Å². The molecule has 2 aromatic rings. The monoisotopic (exact) mass is 373 g/mol. The van der Waals surface area contributed by atoms with Crippen LogP contribution in [0.4, 0.5) is 4.39 Å². The summed E-state index contributed by atoms with van der Waals surface area (Å²) < 4.78 is 30.9. The molecular formula is C18H16FN3O3S. The van der Waals surface area contributed by atoms with Crippen LogP contribution in [0.15, 0.2) is 41.5 Å². The Bertz CT molecular complexity index is 903. The van der Waals surface area contributed by atoms with Gasteiger partial charge >= 0.3 is 0 Å². The molecule has 0 spiro atoms. The van der Waals surface area contributed by atoms with Gasteiger partial charge in [0.05, 0.1) is 5.71 Å². The number of ether oxygens (including phenoxy) is 3. The smallest absolute Gasteiger partial charge is 0.184 e. The van der Waals surface area contributed by atoms with Crippen LogP contribution < -0.4 is 25.4 Å². The van der Waals surface area contributed by atoms with Gasteiger partial charge in [-0.1, -0.05) is 6.07 Å². The molecule has 6 nitrogen and oxygen atoms in total. The molecule has 3 N–H and O–H groups in total. The van der Waals surface area contributed by atoms with Crippen LogP contribution in [0, 0.1) is 5.82 Å². The van der Waals surface area contributed by atoms with Gasteiger partial charge in [-0.25, -0.2) is 4.39 Å². The summed E-state index contributed by atoms with van der Waals surface area (Å²) in [4.78, 5) is 0. The van der Waals surface area contributed by atoms with Crippen molar-refractivity contribution in [3.8, 4) is 17.2 Å². The minimum atomic E-state index is -0.367. The molecule has 2 aliphatic rings. The minimum absolute atomic E-state index is 0.0397. The van der Waals surface area contributed by atoms with Crippen LogP contribution >= 0.6 is 12.2 Å². The zero-order valence-electron chi connectivity index (χ0n) is 13.7. The van der Waals surface area contributed by atoms with Gasteiger partial charge in [0.15, 0.2) is 16.6 Å². The predicted octanol–water partition coefficient (Wildman–Crippen LogP) is 2.66. The Balaban J connectivity index is 1.69. The number of hydrogen-bond acceptors (Lipinski definition) is 5. The first kappa shape index (κ1) is 16.6. The predicted molar refractivity (Wildman–Crippen MR) is 98.3 cm³/mol. The molecule has 0 bridgehead atoms. The van der Waals surface area contributed by atoms with Crippen molar-refractivity contribution in [2.45, 2.75) is 12.5 Å². The zero-order chi connectivity index (χ0) is 18.1. The summed E-state index contributed by atoms with van der Waals surface area (Å²) in [5, 5.41) is 4.27. The molecule has 0 amide bonds. The molecule has 0 fully saturated rings. The highest BCUT2D eigenvalue weighted by molar-refractivity contribution is 7.80. The van der Waals surface area contributed by atoms with Gasteiger partial charge < -0.3 is 19.9 Å². The summed E-state index contributed by atoms with van der Waals surface area (Å²) in [7, 11) is 0. The quantitative estimate of drug-likeness (QED) is 0.623. The number of nitrogens with zero attached hydrogens (tertiary/aromatic N) is 1. The number of fused-ring (bicyclic) bond motifs is 2. The molecular weight excluding hydrogens is 357 g/mol. The Morgan fingerprint density at radius 1 is 1.12 bits per heavy atom. The van der Waals surface area contributed by atoms with E-state index in [0.29, 0.717) is 48.2 Å². The number of rotatable bonds is 2. The van der Waals surface area contributed by atoms with E-state index in [1.54, 1.807) is 6.07 Å². The van der Waals surface area contributed by atoms with Crippen molar-refractivity contribution < 1.29 is 18.6 Å². The molecule has 4 rings (SSSR count). The van der Waals surface area contributed by atoms with E-state index in [9.17, 15) is 4.39 Å².